The molecule has 262 valence electrons. The molecule has 2 aromatic rings. The largest absolute Gasteiger partial charge is 0.504 e. The number of ether oxygens (including phenoxy) is 2. The summed E-state index contributed by atoms with van der Waals surface area (Å²) >= 11 is 0. The summed E-state index contributed by atoms with van der Waals surface area (Å²) in [6.07, 6.45) is 6.57. The first-order valence-corrected chi connectivity index (χ1v) is 19.2. The van der Waals surface area contributed by atoms with E-state index in [9.17, 15) is 30.0 Å². The van der Waals surface area contributed by atoms with E-state index in [2.05, 4.69) is 9.80 Å². The zero-order chi connectivity index (χ0) is 33.7. The smallest absolute Gasteiger partial charge is 0.174 e. The van der Waals surface area contributed by atoms with Crippen LogP contribution in [0.15, 0.2) is 12.1 Å². The van der Waals surface area contributed by atoms with Crippen LogP contribution in [0.4, 0.5) is 0 Å². The number of phenolic OH excluding ortho intramolecular Hbond substituents is 2. The van der Waals surface area contributed by atoms with Gasteiger partial charge < -0.3 is 29.9 Å². The highest BCUT2D eigenvalue weighted by Crippen LogP contribution is 2.69. The number of aliphatic hydroxyl groups is 2. The van der Waals surface area contributed by atoms with Gasteiger partial charge in [-0.05, 0) is 124 Å². The second-order valence-electron chi connectivity index (χ2n) is 17.8. The Hall–Kier alpha value is -3.18. The fourth-order valence-electron chi connectivity index (χ4n) is 13.2. The van der Waals surface area contributed by atoms with E-state index >= 15 is 0 Å². The van der Waals surface area contributed by atoms with Gasteiger partial charge in [-0.1, -0.05) is 0 Å². The summed E-state index contributed by atoms with van der Waals surface area (Å²) in [4.78, 5) is 32.2. The maximum absolute atomic E-state index is 13.7. The maximum atomic E-state index is 13.7. The van der Waals surface area contributed by atoms with Gasteiger partial charge in [-0.25, -0.2) is 0 Å². The van der Waals surface area contributed by atoms with Gasteiger partial charge in [0.2, 0.25) is 0 Å². The molecule has 6 aliphatic carbocycles. The Kier molecular flexibility index (Phi) is 5.33. The molecule has 10 nitrogen and oxygen atoms in total. The number of carbonyl (C=O) groups is 2. The minimum Gasteiger partial charge on any atom is -0.504 e. The quantitative estimate of drug-likeness (QED) is 0.373. The molecule has 0 aromatic heterocycles. The third-order valence-electron chi connectivity index (χ3n) is 15.7. The van der Waals surface area contributed by atoms with Gasteiger partial charge >= 0.3 is 0 Å². The molecule has 6 fully saturated rings. The molecule has 0 radical (unpaired) electrons. The first-order chi connectivity index (χ1) is 24.1. The van der Waals surface area contributed by atoms with Crippen molar-refractivity contribution in [1.29, 1.82) is 0 Å². The highest BCUT2D eigenvalue weighted by atomic mass is 16.5. The standard InChI is InChI=1S/C40H44N2O8/c43-25-5-7-39(47)29-15-23-21(13-27(45)33-31(23)37(39,35(25)49-33)9-11-41(29)17-19-1-2-19)22-14-28(46)34-32-24(22)16-30-40(48)8-6-26(44)36(50-34)38(32,40)10-12-42(30)18-20-3-4-20/h13-14,19-20,29-30,35-36,45-48H,1-12,15-18H2/t29-,30-,35+,36+,37+,38+,39-,40-/m1/s1. The lowest BCUT2D eigenvalue weighted by Crippen LogP contribution is -2.76. The number of carbonyl (C=O) groups excluding carboxylic acids is 2. The van der Waals surface area contributed by atoms with Gasteiger partial charge in [0, 0.05) is 49.1 Å². The Morgan fingerprint density at radius 3 is 1.48 bits per heavy atom. The Morgan fingerprint density at radius 1 is 0.660 bits per heavy atom. The van der Waals surface area contributed by atoms with E-state index in [1.807, 2.05) is 0 Å². The second-order valence-corrected chi connectivity index (χ2v) is 17.8. The molecule has 4 heterocycles. The Labute approximate surface area is 290 Å². The van der Waals surface area contributed by atoms with E-state index in [1.165, 1.54) is 25.7 Å². The van der Waals surface area contributed by atoms with Crippen molar-refractivity contribution in [2.45, 2.75) is 123 Å². The third kappa shape index (κ3) is 3.17. The molecule has 10 aliphatic rings. The van der Waals surface area contributed by atoms with Crippen LogP contribution in [0.3, 0.4) is 0 Å². The number of phenols is 2. The summed E-state index contributed by atoms with van der Waals surface area (Å²) in [5.74, 6) is 1.72. The molecule has 2 saturated heterocycles. The number of ketones is 2. The average molecular weight is 681 g/mol. The lowest BCUT2D eigenvalue weighted by atomic mass is 9.47. The van der Waals surface area contributed by atoms with Crippen molar-refractivity contribution in [3.63, 3.8) is 0 Å². The number of benzene rings is 2. The lowest BCUT2D eigenvalue weighted by Gasteiger charge is -2.63. The van der Waals surface area contributed by atoms with E-state index in [0.717, 1.165) is 59.6 Å². The number of nitrogens with zero attached hydrogens (tertiary/aromatic N) is 2. The zero-order valence-electron chi connectivity index (χ0n) is 28.2. The van der Waals surface area contributed by atoms with Crippen molar-refractivity contribution in [3.05, 3.63) is 34.4 Å². The highest BCUT2D eigenvalue weighted by Gasteiger charge is 2.75. The number of piperidine rings is 2. The van der Waals surface area contributed by atoms with E-state index in [0.29, 0.717) is 61.9 Å². The number of aromatic hydroxyl groups is 2. The van der Waals surface area contributed by atoms with Crippen LogP contribution in [0, 0.1) is 11.8 Å². The Morgan fingerprint density at radius 2 is 1.08 bits per heavy atom. The molecule has 0 amide bonds. The van der Waals surface area contributed by atoms with Gasteiger partial charge in [-0.2, -0.15) is 0 Å². The summed E-state index contributed by atoms with van der Waals surface area (Å²) in [7, 11) is 0. The second kappa shape index (κ2) is 9.06. The summed E-state index contributed by atoms with van der Waals surface area (Å²) < 4.78 is 12.9. The minimum atomic E-state index is -1.17. The van der Waals surface area contributed by atoms with Crippen LogP contribution >= 0.6 is 0 Å². The fourth-order valence-corrected chi connectivity index (χ4v) is 13.2. The molecule has 0 unspecified atom stereocenters. The maximum Gasteiger partial charge on any atom is 0.174 e. The van der Waals surface area contributed by atoms with Crippen LogP contribution in [0.2, 0.25) is 0 Å². The van der Waals surface area contributed by atoms with Crippen LogP contribution in [0.5, 0.6) is 23.0 Å². The van der Waals surface area contributed by atoms with Crippen LogP contribution in [-0.2, 0) is 33.3 Å². The zero-order valence-corrected chi connectivity index (χ0v) is 28.2. The molecule has 4 N–H and O–H groups in total. The van der Waals surface area contributed by atoms with Crippen molar-refractivity contribution in [3.8, 4) is 34.1 Å². The van der Waals surface area contributed by atoms with E-state index in [4.69, 9.17) is 9.47 Å². The fraction of sp³-hybridized carbons (Fsp3) is 0.650. The van der Waals surface area contributed by atoms with Crippen LogP contribution in [0.1, 0.15) is 86.5 Å². The molecule has 4 saturated carbocycles. The first-order valence-electron chi connectivity index (χ1n) is 19.2. The molecular formula is C40H44N2O8. The predicted octanol–water partition coefficient (Wildman–Crippen LogP) is 3.03. The van der Waals surface area contributed by atoms with Gasteiger partial charge in [0.25, 0.3) is 0 Å². The molecule has 4 aliphatic heterocycles. The number of hydrogen-bond donors (Lipinski definition) is 4. The molecule has 2 aromatic carbocycles. The normalized spacial score (nSPS) is 41.8. The SMILES string of the molecule is O=C1CC[C@@]2(O)[C@H]3Cc4c(-c5cc(O)c6c7c5C[C@H]5N(CC8CC8)CC[C@@]78[C@@H](O6)C(=O)CC[C@@]58O)cc(O)c5c4[C@@]2(CCN3CC2CC2)[C@H]1O5. The van der Waals surface area contributed by atoms with Crippen molar-refractivity contribution >= 4 is 11.6 Å². The van der Waals surface area contributed by atoms with Crippen molar-refractivity contribution in [2.24, 2.45) is 11.8 Å². The van der Waals surface area contributed by atoms with Crippen molar-refractivity contribution in [1.82, 2.24) is 9.80 Å². The lowest BCUT2D eigenvalue weighted by molar-refractivity contribution is -0.189. The van der Waals surface area contributed by atoms with Crippen LogP contribution in [0.25, 0.3) is 11.1 Å². The number of Topliss-reactive ketones (excluding diaryl/α,β-unsaturated/α-hetero) is 2. The third-order valence-corrected chi connectivity index (χ3v) is 15.7. The number of likely N-dealkylation sites (tertiary alicyclic amines) is 2. The minimum absolute atomic E-state index is 0.0218. The summed E-state index contributed by atoms with van der Waals surface area (Å²) in [6, 6.07) is 3.06. The van der Waals surface area contributed by atoms with Gasteiger partial charge in [-0.3, -0.25) is 19.4 Å². The summed E-state index contributed by atoms with van der Waals surface area (Å²) in [6.45, 7) is 3.38. The van der Waals surface area contributed by atoms with Gasteiger partial charge in [0.05, 0.1) is 22.0 Å². The van der Waals surface area contributed by atoms with Gasteiger partial charge in [-0.15, -0.1) is 0 Å². The number of rotatable bonds is 5. The van der Waals surface area contributed by atoms with E-state index < -0.39 is 34.2 Å². The molecule has 10 heteroatoms. The molecule has 12 rings (SSSR count). The topological polar surface area (TPSA) is 140 Å². The predicted molar refractivity (Wildman–Crippen MR) is 179 cm³/mol. The van der Waals surface area contributed by atoms with Crippen molar-refractivity contribution in [2.75, 3.05) is 26.2 Å². The highest BCUT2D eigenvalue weighted by molar-refractivity contribution is 5.94. The van der Waals surface area contributed by atoms with Crippen molar-refractivity contribution < 1.29 is 39.5 Å². The van der Waals surface area contributed by atoms with Gasteiger partial charge in [0.1, 0.15) is 0 Å². The monoisotopic (exact) mass is 680 g/mol. The molecular weight excluding hydrogens is 636 g/mol. The molecule has 8 atom stereocenters. The van der Waals surface area contributed by atoms with Crippen LogP contribution in [-0.4, -0.2) is 103 Å². The number of hydrogen-bond acceptors (Lipinski definition) is 10. The van der Waals surface area contributed by atoms with E-state index in [1.54, 1.807) is 12.1 Å². The Bertz CT molecular complexity index is 1830. The molecule has 4 bridgehead atoms. The summed E-state index contributed by atoms with van der Waals surface area (Å²) in [5.41, 5.74) is 0.761. The Balaban J connectivity index is 1.10. The first kappa shape index (κ1) is 29.4. The van der Waals surface area contributed by atoms with E-state index in [-0.39, 0.29) is 48.0 Å². The van der Waals surface area contributed by atoms with Gasteiger partial charge in [0.15, 0.2) is 46.8 Å². The molecule has 2 spiro atoms. The molecule has 50 heavy (non-hydrogen) atoms. The summed E-state index contributed by atoms with van der Waals surface area (Å²) in [5, 5.41) is 49.4. The average Bonchev–Trinajstić information content (AvgIpc) is 4.01. The van der Waals surface area contributed by atoms with Crippen LogP contribution < -0.4 is 9.47 Å².